The van der Waals surface area contributed by atoms with E-state index in [1.54, 1.807) is 11.1 Å². The molecule has 138 valence electrons. The van der Waals surface area contributed by atoms with E-state index in [0.717, 1.165) is 30.6 Å². The van der Waals surface area contributed by atoms with E-state index in [1.807, 2.05) is 12.4 Å². The predicted octanol–water partition coefficient (Wildman–Crippen LogP) is 5.40. The van der Waals surface area contributed by atoms with Gasteiger partial charge in [0.2, 0.25) is 0 Å². The molecule has 0 unspecified atom stereocenters. The summed E-state index contributed by atoms with van der Waals surface area (Å²) in [4.78, 5) is 4.38. The van der Waals surface area contributed by atoms with Gasteiger partial charge >= 0.3 is 0 Å². The zero-order chi connectivity index (χ0) is 17.9. The van der Waals surface area contributed by atoms with Gasteiger partial charge in [-0.05, 0) is 90.7 Å². The van der Waals surface area contributed by atoms with Crippen LogP contribution in [-0.4, -0.2) is 16.2 Å². The molecule has 0 bridgehead atoms. The fourth-order valence-corrected chi connectivity index (χ4v) is 7.18. The van der Waals surface area contributed by atoms with Gasteiger partial charge in [0.15, 0.2) is 0 Å². The van der Waals surface area contributed by atoms with E-state index >= 15 is 0 Å². The first-order valence-electron chi connectivity index (χ1n) is 10.5. The third-order valence-electron chi connectivity index (χ3n) is 8.63. The number of aromatic nitrogens is 1. The Morgan fingerprint density at radius 2 is 1.88 bits per heavy atom. The Bertz CT molecular complexity index is 766. The maximum Gasteiger partial charge on any atom is 0.0577 e. The fourth-order valence-electron chi connectivity index (χ4n) is 7.18. The molecule has 0 radical (unpaired) electrons. The maximum absolute atomic E-state index is 10.2. The molecule has 6 atom stereocenters. The molecule has 0 aromatic carbocycles. The molecule has 5 rings (SSSR count). The van der Waals surface area contributed by atoms with Crippen molar-refractivity contribution in [1.82, 2.24) is 4.98 Å². The summed E-state index contributed by atoms with van der Waals surface area (Å²) in [5.74, 6) is 2.36. The number of pyridine rings is 1. The molecule has 4 aliphatic rings. The number of aliphatic hydroxyl groups is 1. The quantitative estimate of drug-likeness (QED) is 0.689. The number of nitrogens with zero attached hydrogens (tertiary/aromatic N) is 1. The van der Waals surface area contributed by atoms with Gasteiger partial charge in [-0.15, -0.1) is 0 Å². The van der Waals surface area contributed by atoms with Crippen LogP contribution in [0.1, 0.15) is 64.4 Å². The zero-order valence-corrected chi connectivity index (χ0v) is 16.1. The van der Waals surface area contributed by atoms with Crippen LogP contribution in [0.4, 0.5) is 0 Å². The van der Waals surface area contributed by atoms with E-state index in [2.05, 4.69) is 43.1 Å². The van der Waals surface area contributed by atoms with E-state index in [1.165, 1.54) is 37.7 Å². The molecule has 26 heavy (non-hydrogen) atoms. The molecule has 1 N–H and O–H groups in total. The minimum Gasteiger partial charge on any atom is -0.393 e. The van der Waals surface area contributed by atoms with Crippen LogP contribution in [0, 0.1) is 28.6 Å². The Hall–Kier alpha value is -1.41. The Balaban J connectivity index is 1.48. The number of rotatable bonds is 1. The van der Waals surface area contributed by atoms with Gasteiger partial charge in [-0.1, -0.05) is 37.6 Å². The van der Waals surface area contributed by atoms with Crippen LogP contribution in [0.5, 0.6) is 0 Å². The molecular formula is C24H31NO. The lowest BCUT2D eigenvalue weighted by Crippen LogP contribution is -2.49. The first-order chi connectivity index (χ1) is 12.5. The molecule has 2 fully saturated rings. The smallest absolute Gasteiger partial charge is 0.0577 e. The van der Waals surface area contributed by atoms with Gasteiger partial charge in [0.25, 0.3) is 0 Å². The molecule has 0 spiro atoms. The van der Waals surface area contributed by atoms with Crippen LogP contribution in [0.15, 0.2) is 42.3 Å². The number of allylic oxidation sites excluding steroid dienone is 3. The molecule has 0 aliphatic heterocycles. The van der Waals surface area contributed by atoms with Crippen molar-refractivity contribution < 1.29 is 5.11 Å². The number of hydrogen-bond donors (Lipinski definition) is 1. The second-order valence-corrected chi connectivity index (χ2v) is 9.71. The highest BCUT2D eigenvalue weighted by atomic mass is 16.3. The lowest BCUT2D eigenvalue weighted by Gasteiger charge is -2.57. The van der Waals surface area contributed by atoms with Crippen molar-refractivity contribution in [2.75, 3.05) is 0 Å². The minimum absolute atomic E-state index is 0.106. The molecule has 0 saturated heterocycles. The second-order valence-electron chi connectivity index (χ2n) is 9.71. The Kier molecular flexibility index (Phi) is 3.73. The van der Waals surface area contributed by atoms with E-state index in [-0.39, 0.29) is 6.10 Å². The number of hydrogen-bond acceptors (Lipinski definition) is 2. The second kappa shape index (κ2) is 5.79. The average Bonchev–Trinajstić information content (AvgIpc) is 3.00. The standard InChI is InChI=1S/C24H31NO/c1-23-11-9-18(26)14-17(23)5-6-19-21-8-7-20(16-4-3-13-25-15-16)24(21,2)12-10-22(19)23/h3-5,7,13,15,18-19,21-22,26H,6,8-12,14H2,1-2H3/t18-,19-,21-,22-,23+,24+/m1/s1. The first kappa shape index (κ1) is 16.7. The SMILES string of the molecule is C[C@]12CC[C@@H](O)CC1=CC[C@H]1[C@H]2CC[C@@]2(C)C(c3cccnc3)=CC[C@H]12. The summed E-state index contributed by atoms with van der Waals surface area (Å²) >= 11 is 0. The largest absolute Gasteiger partial charge is 0.393 e. The molecule has 0 amide bonds. The van der Waals surface area contributed by atoms with Crippen LogP contribution in [0.25, 0.3) is 5.57 Å². The number of fused-ring (bicyclic) bond motifs is 5. The van der Waals surface area contributed by atoms with Crippen LogP contribution in [0.3, 0.4) is 0 Å². The molecule has 2 nitrogen and oxygen atoms in total. The summed E-state index contributed by atoms with van der Waals surface area (Å²) in [5, 5.41) is 10.2. The summed E-state index contributed by atoms with van der Waals surface area (Å²) in [5.41, 5.74) is 5.09. The summed E-state index contributed by atoms with van der Waals surface area (Å²) < 4.78 is 0. The predicted molar refractivity (Wildman–Crippen MR) is 105 cm³/mol. The van der Waals surface area contributed by atoms with Crippen molar-refractivity contribution in [2.24, 2.45) is 28.6 Å². The van der Waals surface area contributed by atoms with Crippen molar-refractivity contribution in [1.29, 1.82) is 0 Å². The maximum atomic E-state index is 10.2. The van der Waals surface area contributed by atoms with E-state index in [4.69, 9.17) is 0 Å². The number of aliphatic hydroxyl groups excluding tert-OH is 1. The van der Waals surface area contributed by atoms with Crippen molar-refractivity contribution in [2.45, 2.75) is 64.9 Å². The van der Waals surface area contributed by atoms with Gasteiger partial charge in [-0.2, -0.15) is 0 Å². The third-order valence-corrected chi connectivity index (χ3v) is 8.63. The van der Waals surface area contributed by atoms with E-state index in [9.17, 15) is 5.11 Å². The average molecular weight is 350 g/mol. The molecule has 1 heterocycles. The first-order valence-corrected chi connectivity index (χ1v) is 10.5. The topological polar surface area (TPSA) is 33.1 Å². The summed E-state index contributed by atoms with van der Waals surface area (Å²) in [6, 6.07) is 4.31. The van der Waals surface area contributed by atoms with Gasteiger partial charge in [0.1, 0.15) is 0 Å². The van der Waals surface area contributed by atoms with Gasteiger partial charge < -0.3 is 5.11 Å². The van der Waals surface area contributed by atoms with E-state index < -0.39 is 0 Å². The minimum atomic E-state index is -0.106. The lowest BCUT2D eigenvalue weighted by molar-refractivity contribution is -0.0238. The summed E-state index contributed by atoms with van der Waals surface area (Å²) in [6.45, 7) is 5.03. The molecule has 1 aromatic heterocycles. The Morgan fingerprint density at radius 3 is 2.69 bits per heavy atom. The van der Waals surface area contributed by atoms with Crippen molar-refractivity contribution >= 4 is 5.57 Å². The molecule has 1 aromatic rings. The molecular weight excluding hydrogens is 318 g/mol. The molecule has 4 aliphatic carbocycles. The summed E-state index contributed by atoms with van der Waals surface area (Å²) in [7, 11) is 0. The van der Waals surface area contributed by atoms with Crippen LogP contribution < -0.4 is 0 Å². The van der Waals surface area contributed by atoms with Crippen LogP contribution in [0.2, 0.25) is 0 Å². The van der Waals surface area contributed by atoms with Crippen LogP contribution >= 0.6 is 0 Å². The molecule has 2 heteroatoms. The van der Waals surface area contributed by atoms with Gasteiger partial charge in [0, 0.05) is 12.4 Å². The Morgan fingerprint density at radius 1 is 1.04 bits per heavy atom. The van der Waals surface area contributed by atoms with E-state index in [0.29, 0.717) is 10.8 Å². The van der Waals surface area contributed by atoms with Gasteiger partial charge in [-0.3, -0.25) is 4.98 Å². The van der Waals surface area contributed by atoms with Gasteiger partial charge in [0.05, 0.1) is 6.10 Å². The highest BCUT2D eigenvalue weighted by molar-refractivity contribution is 5.72. The zero-order valence-electron chi connectivity index (χ0n) is 16.1. The highest BCUT2D eigenvalue weighted by Crippen LogP contribution is 2.66. The van der Waals surface area contributed by atoms with Crippen molar-refractivity contribution in [3.63, 3.8) is 0 Å². The van der Waals surface area contributed by atoms with Crippen molar-refractivity contribution in [3.8, 4) is 0 Å². The molecule has 2 saturated carbocycles. The fraction of sp³-hybridized carbons (Fsp3) is 0.625. The lowest BCUT2D eigenvalue weighted by atomic mass is 9.47. The Labute approximate surface area is 157 Å². The van der Waals surface area contributed by atoms with Crippen molar-refractivity contribution in [3.05, 3.63) is 47.8 Å². The van der Waals surface area contributed by atoms with Crippen LogP contribution in [-0.2, 0) is 0 Å². The van der Waals surface area contributed by atoms with Gasteiger partial charge in [-0.25, -0.2) is 0 Å². The monoisotopic (exact) mass is 349 g/mol. The highest BCUT2D eigenvalue weighted by Gasteiger charge is 2.56. The third kappa shape index (κ3) is 2.24. The normalized spacial score (nSPS) is 44.4. The summed E-state index contributed by atoms with van der Waals surface area (Å²) in [6.07, 6.45) is 17.0.